The molecule has 0 saturated carbocycles. The number of amides is 1. The largest absolute Gasteiger partial charge is 0.444 e. The first kappa shape index (κ1) is 14.6. The number of hydrogen-bond acceptors (Lipinski definition) is 5. The van der Waals surface area contributed by atoms with Gasteiger partial charge >= 0.3 is 6.09 Å². The second-order valence-corrected chi connectivity index (χ2v) is 6.36. The second-order valence-electron chi connectivity index (χ2n) is 6.36. The summed E-state index contributed by atoms with van der Waals surface area (Å²) >= 11 is 0. The summed E-state index contributed by atoms with van der Waals surface area (Å²) in [7, 11) is 0. The van der Waals surface area contributed by atoms with Gasteiger partial charge in [-0.25, -0.2) is 4.79 Å². The Morgan fingerprint density at radius 2 is 1.89 bits per heavy atom. The van der Waals surface area contributed by atoms with E-state index in [2.05, 4.69) is 4.90 Å². The Morgan fingerprint density at radius 3 is 2.37 bits per heavy atom. The van der Waals surface area contributed by atoms with Crippen molar-refractivity contribution >= 4 is 6.09 Å². The lowest BCUT2D eigenvalue weighted by molar-refractivity contribution is -0.0910. The van der Waals surface area contributed by atoms with Gasteiger partial charge in [0.15, 0.2) is 0 Å². The maximum absolute atomic E-state index is 11.9. The first-order valence-electron chi connectivity index (χ1n) is 6.87. The van der Waals surface area contributed by atoms with E-state index in [1.54, 1.807) is 4.90 Å². The maximum atomic E-state index is 11.9. The molecule has 19 heavy (non-hydrogen) atoms. The van der Waals surface area contributed by atoms with E-state index >= 15 is 0 Å². The van der Waals surface area contributed by atoms with Crippen molar-refractivity contribution in [2.45, 2.75) is 31.9 Å². The predicted molar refractivity (Wildman–Crippen MR) is 72.0 cm³/mol. The Hall–Kier alpha value is -0.850. The van der Waals surface area contributed by atoms with Gasteiger partial charge in [-0.3, -0.25) is 4.90 Å². The quantitative estimate of drug-likeness (QED) is 0.780. The van der Waals surface area contributed by atoms with Crippen LogP contribution in [-0.4, -0.2) is 73.0 Å². The van der Waals surface area contributed by atoms with E-state index in [0.717, 1.165) is 26.3 Å². The van der Waals surface area contributed by atoms with Crippen molar-refractivity contribution in [2.24, 2.45) is 5.73 Å². The number of rotatable bonds is 2. The Labute approximate surface area is 114 Å². The van der Waals surface area contributed by atoms with Crippen molar-refractivity contribution in [3.05, 3.63) is 0 Å². The van der Waals surface area contributed by atoms with E-state index in [1.807, 2.05) is 20.8 Å². The molecule has 0 spiro atoms. The zero-order valence-corrected chi connectivity index (χ0v) is 12.1. The summed E-state index contributed by atoms with van der Waals surface area (Å²) in [6.07, 6.45) is -0.246. The smallest absolute Gasteiger partial charge is 0.410 e. The van der Waals surface area contributed by atoms with Crippen molar-refractivity contribution in [3.63, 3.8) is 0 Å². The summed E-state index contributed by atoms with van der Waals surface area (Å²) in [6.45, 7) is 10.8. The number of nitrogens with two attached hydrogens (primary N) is 1. The summed E-state index contributed by atoms with van der Waals surface area (Å²) < 4.78 is 10.7. The van der Waals surface area contributed by atoms with Gasteiger partial charge < -0.3 is 20.1 Å². The van der Waals surface area contributed by atoms with E-state index < -0.39 is 5.60 Å². The Balaban J connectivity index is 1.89. The standard InChI is InChI=1S/C13H25N3O3/c1-12(2,3)19-11(17)15-9-13(8-14,10-15)16-4-6-18-7-5-16/h4-10,14H2,1-3H3. The first-order valence-corrected chi connectivity index (χ1v) is 6.87. The average molecular weight is 271 g/mol. The number of carbonyl (C=O) groups excluding carboxylic acids is 1. The number of ether oxygens (including phenoxy) is 2. The Morgan fingerprint density at radius 1 is 1.32 bits per heavy atom. The van der Waals surface area contributed by atoms with E-state index in [4.69, 9.17) is 15.2 Å². The molecule has 2 rings (SSSR count). The summed E-state index contributed by atoms with van der Waals surface area (Å²) in [4.78, 5) is 16.0. The summed E-state index contributed by atoms with van der Waals surface area (Å²) in [6, 6.07) is 0. The van der Waals surface area contributed by atoms with Crippen LogP contribution >= 0.6 is 0 Å². The molecule has 0 aromatic heterocycles. The molecular formula is C13H25N3O3. The third kappa shape index (κ3) is 3.19. The van der Waals surface area contributed by atoms with Crippen molar-refractivity contribution in [3.8, 4) is 0 Å². The molecule has 2 heterocycles. The molecule has 0 radical (unpaired) electrons. The molecule has 0 aromatic rings. The lowest BCUT2D eigenvalue weighted by atomic mass is 9.87. The highest BCUT2D eigenvalue weighted by Gasteiger charge is 2.49. The molecule has 2 aliphatic rings. The topological polar surface area (TPSA) is 68.0 Å². The summed E-state index contributed by atoms with van der Waals surface area (Å²) in [5.41, 5.74) is 5.40. The number of likely N-dealkylation sites (tertiary alicyclic amines) is 1. The van der Waals surface area contributed by atoms with Crippen molar-refractivity contribution in [2.75, 3.05) is 45.9 Å². The number of nitrogens with zero attached hydrogens (tertiary/aromatic N) is 2. The highest BCUT2D eigenvalue weighted by molar-refractivity contribution is 5.69. The van der Waals surface area contributed by atoms with Gasteiger partial charge in [0.05, 0.1) is 18.8 Å². The van der Waals surface area contributed by atoms with Gasteiger partial charge in [0.2, 0.25) is 0 Å². The minimum absolute atomic E-state index is 0.0827. The molecular weight excluding hydrogens is 246 g/mol. The molecule has 2 saturated heterocycles. The Kier molecular flexibility index (Phi) is 4.03. The fraction of sp³-hybridized carbons (Fsp3) is 0.923. The van der Waals surface area contributed by atoms with Crippen LogP contribution in [0.25, 0.3) is 0 Å². The second kappa shape index (κ2) is 5.26. The highest BCUT2D eigenvalue weighted by Crippen LogP contribution is 2.29. The summed E-state index contributed by atoms with van der Waals surface area (Å²) in [5, 5.41) is 0. The molecule has 2 N–H and O–H groups in total. The van der Waals surface area contributed by atoms with Crippen LogP contribution in [0.15, 0.2) is 0 Å². The van der Waals surface area contributed by atoms with Crippen LogP contribution in [0.4, 0.5) is 4.79 Å². The molecule has 6 nitrogen and oxygen atoms in total. The van der Waals surface area contributed by atoms with E-state index in [1.165, 1.54) is 0 Å². The number of morpholine rings is 1. The highest BCUT2D eigenvalue weighted by atomic mass is 16.6. The molecule has 1 amide bonds. The van der Waals surface area contributed by atoms with Gasteiger partial charge in [-0.2, -0.15) is 0 Å². The normalized spacial score (nSPS) is 23.9. The van der Waals surface area contributed by atoms with Gasteiger partial charge in [-0.15, -0.1) is 0 Å². The molecule has 0 unspecified atom stereocenters. The third-order valence-electron chi connectivity index (χ3n) is 3.68. The van der Waals surface area contributed by atoms with E-state index in [0.29, 0.717) is 19.6 Å². The lowest BCUT2D eigenvalue weighted by Gasteiger charge is -2.55. The van der Waals surface area contributed by atoms with Crippen LogP contribution in [0.3, 0.4) is 0 Å². The monoisotopic (exact) mass is 271 g/mol. The van der Waals surface area contributed by atoms with Crippen molar-refractivity contribution in [1.82, 2.24) is 9.80 Å². The van der Waals surface area contributed by atoms with Crippen LogP contribution in [0.5, 0.6) is 0 Å². The third-order valence-corrected chi connectivity index (χ3v) is 3.68. The minimum atomic E-state index is -0.447. The van der Waals surface area contributed by atoms with Gasteiger partial charge in [-0.1, -0.05) is 0 Å². The molecule has 110 valence electrons. The Bertz CT molecular complexity index is 329. The minimum Gasteiger partial charge on any atom is -0.444 e. The fourth-order valence-electron chi connectivity index (χ4n) is 2.62. The first-order chi connectivity index (χ1) is 8.86. The predicted octanol–water partition coefficient (Wildman–Crippen LogP) is 0.267. The molecule has 0 aliphatic carbocycles. The van der Waals surface area contributed by atoms with Crippen molar-refractivity contribution < 1.29 is 14.3 Å². The molecule has 0 atom stereocenters. The van der Waals surface area contributed by atoms with Crippen LogP contribution in [0.2, 0.25) is 0 Å². The zero-order chi connectivity index (χ0) is 14.1. The van der Waals surface area contributed by atoms with Gasteiger partial charge in [0, 0.05) is 32.7 Å². The number of carbonyl (C=O) groups is 1. The van der Waals surface area contributed by atoms with Crippen molar-refractivity contribution in [1.29, 1.82) is 0 Å². The fourth-order valence-corrected chi connectivity index (χ4v) is 2.62. The maximum Gasteiger partial charge on any atom is 0.410 e. The molecule has 6 heteroatoms. The molecule has 0 aromatic carbocycles. The molecule has 2 fully saturated rings. The molecule has 2 aliphatic heterocycles. The number of hydrogen-bond donors (Lipinski definition) is 1. The summed E-state index contributed by atoms with van der Waals surface area (Å²) in [5.74, 6) is 0. The van der Waals surface area contributed by atoms with Gasteiger partial charge in [0.25, 0.3) is 0 Å². The molecule has 0 bridgehead atoms. The van der Waals surface area contributed by atoms with Crippen LogP contribution in [0, 0.1) is 0 Å². The lowest BCUT2D eigenvalue weighted by Crippen LogP contribution is -2.75. The van der Waals surface area contributed by atoms with Gasteiger partial charge in [0.1, 0.15) is 5.60 Å². The van der Waals surface area contributed by atoms with Crippen LogP contribution in [0.1, 0.15) is 20.8 Å². The zero-order valence-electron chi connectivity index (χ0n) is 12.1. The SMILES string of the molecule is CC(C)(C)OC(=O)N1CC(CN)(N2CCOCC2)C1. The van der Waals surface area contributed by atoms with Gasteiger partial charge in [-0.05, 0) is 20.8 Å². The van der Waals surface area contributed by atoms with E-state index in [9.17, 15) is 4.79 Å². The van der Waals surface area contributed by atoms with Crippen LogP contribution < -0.4 is 5.73 Å². The average Bonchev–Trinajstić information content (AvgIpc) is 2.27. The van der Waals surface area contributed by atoms with E-state index in [-0.39, 0.29) is 11.6 Å². The van der Waals surface area contributed by atoms with Crippen LogP contribution in [-0.2, 0) is 9.47 Å².